The molecular formula is C51H32N4. The highest BCUT2D eigenvalue weighted by Crippen LogP contribution is 2.55. The molecule has 4 heterocycles. The summed E-state index contributed by atoms with van der Waals surface area (Å²) in [6.45, 7) is 4.78. The van der Waals surface area contributed by atoms with Crippen molar-refractivity contribution in [2.24, 2.45) is 0 Å². The van der Waals surface area contributed by atoms with Crippen LogP contribution in [0.5, 0.6) is 0 Å². The topological polar surface area (TPSA) is 35.1 Å². The molecule has 0 bridgehead atoms. The van der Waals surface area contributed by atoms with E-state index in [1.165, 1.54) is 71.1 Å². The Morgan fingerprint density at radius 2 is 1.18 bits per heavy atom. The van der Waals surface area contributed by atoms with Crippen LogP contribution in [0.3, 0.4) is 0 Å². The molecule has 8 aromatic carbocycles. The molecule has 0 spiro atoms. The quantitative estimate of drug-likeness (QED) is 0.168. The third kappa shape index (κ3) is 3.57. The molecule has 4 nitrogen and oxygen atoms in total. The second-order valence-corrected chi connectivity index (χ2v) is 15.7. The molecule has 0 aliphatic heterocycles. The van der Waals surface area contributed by atoms with Gasteiger partial charge < -0.3 is 4.40 Å². The SMILES string of the molecule is CC1(C)c2ccccc2-c2c1cc1c3ccccc3n3c4cccc5c4c4c(cccc4n5-c4nc5ccc6ccccc6c5nc4-c4ccccc4)c2c13. The number of rotatable bonds is 2. The van der Waals surface area contributed by atoms with Crippen molar-refractivity contribution in [2.45, 2.75) is 19.3 Å². The highest BCUT2D eigenvalue weighted by molar-refractivity contribution is 6.34. The van der Waals surface area contributed by atoms with E-state index in [1.54, 1.807) is 0 Å². The zero-order valence-corrected chi connectivity index (χ0v) is 30.3. The van der Waals surface area contributed by atoms with Gasteiger partial charge in [-0.25, -0.2) is 9.97 Å². The number of para-hydroxylation sites is 1. The van der Waals surface area contributed by atoms with Crippen LogP contribution in [0, 0.1) is 0 Å². The van der Waals surface area contributed by atoms with E-state index in [-0.39, 0.29) is 5.41 Å². The lowest BCUT2D eigenvalue weighted by Gasteiger charge is -2.21. The fourth-order valence-electron chi connectivity index (χ4n) is 10.2. The first-order chi connectivity index (χ1) is 27.1. The predicted molar refractivity (Wildman–Crippen MR) is 229 cm³/mol. The third-order valence-electron chi connectivity index (χ3n) is 12.6. The summed E-state index contributed by atoms with van der Waals surface area (Å²) < 4.78 is 4.94. The van der Waals surface area contributed by atoms with Crippen molar-refractivity contribution in [1.29, 1.82) is 0 Å². The molecule has 0 radical (unpaired) electrons. The molecule has 0 atom stereocenters. The number of benzene rings is 8. The highest BCUT2D eigenvalue weighted by Gasteiger charge is 2.38. The van der Waals surface area contributed by atoms with E-state index in [1.807, 2.05) is 0 Å². The first-order valence-corrected chi connectivity index (χ1v) is 19.1. The van der Waals surface area contributed by atoms with Crippen LogP contribution in [0.2, 0.25) is 0 Å². The Bertz CT molecular complexity index is 3620. The summed E-state index contributed by atoms with van der Waals surface area (Å²) in [5, 5.41) is 9.88. The molecule has 4 aromatic heterocycles. The van der Waals surface area contributed by atoms with Gasteiger partial charge in [-0.3, -0.25) is 4.57 Å². The minimum Gasteiger partial charge on any atom is -0.308 e. The van der Waals surface area contributed by atoms with Gasteiger partial charge >= 0.3 is 0 Å². The monoisotopic (exact) mass is 700 g/mol. The van der Waals surface area contributed by atoms with Gasteiger partial charge in [0.05, 0.1) is 38.6 Å². The van der Waals surface area contributed by atoms with Gasteiger partial charge in [0.15, 0.2) is 5.82 Å². The van der Waals surface area contributed by atoms with Gasteiger partial charge in [-0.1, -0.05) is 135 Å². The van der Waals surface area contributed by atoms with E-state index in [9.17, 15) is 0 Å². The van der Waals surface area contributed by atoms with Gasteiger partial charge in [0.25, 0.3) is 0 Å². The molecule has 13 rings (SSSR count). The Kier molecular flexibility index (Phi) is 5.42. The molecule has 0 fully saturated rings. The van der Waals surface area contributed by atoms with Crippen LogP contribution in [0.15, 0.2) is 158 Å². The predicted octanol–water partition coefficient (Wildman–Crippen LogP) is 13.0. The lowest BCUT2D eigenvalue weighted by molar-refractivity contribution is 0.661. The second-order valence-electron chi connectivity index (χ2n) is 15.7. The van der Waals surface area contributed by atoms with E-state index in [4.69, 9.17) is 9.97 Å². The normalized spacial score (nSPS) is 13.8. The van der Waals surface area contributed by atoms with Crippen LogP contribution in [0.1, 0.15) is 25.0 Å². The Hall–Kier alpha value is -7.04. The summed E-state index contributed by atoms with van der Waals surface area (Å²) in [6, 6.07) is 57.5. The van der Waals surface area contributed by atoms with Crippen LogP contribution < -0.4 is 0 Å². The Balaban J connectivity index is 1.29. The van der Waals surface area contributed by atoms with Crippen molar-refractivity contribution in [3.63, 3.8) is 0 Å². The van der Waals surface area contributed by atoms with E-state index in [0.29, 0.717) is 0 Å². The molecule has 0 amide bonds. The van der Waals surface area contributed by atoms with E-state index < -0.39 is 0 Å². The average Bonchev–Trinajstić information content (AvgIpc) is 3.79. The maximum Gasteiger partial charge on any atom is 0.165 e. The van der Waals surface area contributed by atoms with E-state index in [2.05, 4.69) is 181 Å². The van der Waals surface area contributed by atoms with Crippen molar-refractivity contribution in [2.75, 3.05) is 0 Å². The Morgan fingerprint density at radius 3 is 2.07 bits per heavy atom. The fraction of sp³-hybridized carbons (Fsp3) is 0.0588. The molecular weight excluding hydrogens is 669 g/mol. The number of aromatic nitrogens is 4. The molecule has 0 saturated carbocycles. The van der Waals surface area contributed by atoms with Gasteiger partial charge in [0.2, 0.25) is 0 Å². The lowest BCUT2D eigenvalue weighted by atomic mass is 9.81. The molecule has 4 heteroatoms. The highest BCUT2D eigenvalue weighted by atomic mass is 15.1. The first-order valence-electron chi connectivity index (χ1n) is 19.1. The summed E-state index contributed by atoms with van der Waals surface area (Å²) in [5.74, 6) is 0.830. The molecule has 0 saturated heterocycles. The maximum atomic E-state index is 5.57. The molecule has 256 valence electrons. The van der Waals surface area contributed by atoms with Crippen molar-refractivity contribution in [3.05, 3.63) is 169 Å². The Labute approximate surface area is 315 Å². The summed E-state index contributed by atoms with van der Waals surface area (Å²) in [4.78, 5) is 11.1. The number of fused-ring (bicyclic) bond motifs is 12. The van der Waals surface area contributed by atoms with Gasteiger partial charge in [0.1, 0.15) is 5.69 Å². The van der Waals surface area contributed by atoms with E-state index in [0.717, 1.165) is 49.9 Å². The van der Waals surface area contributed by atoms with Crippen molar-refractivity contribution >= 4 is 81.7 Å². The van der Waals surface area contributed by atoms with Crippen LogP contribution in [0.4, 0.5) is 0 Å². The first kappa shape index (κ1) is 29.4. The molecule has 1 aliphatic carbocycles. The molecule has 0 N–H and O–H groups in total. The minimum atomic E-state index is -0.149. The zero-order chi connectivity index (χ0) is 36.2. The van der Waals surface area contributed by atoms with Gasteiger partial charge in [-0.05, 0) is 69.4 Å². The largest absolute Gasteiger partial charge is 0.308 e. The minimum absolute atomic E-state index is 0.149. The molecule has 1 aliphatic rings. The van der Waals surface area contributed by atoms with E-state index >= 15 is 0 Å². The molecule has 55 heavy (non-hydrogen) atoms. The number of nitrogens with zero attached hydrogens (tertiary/aromatic N) is 4. The maximum absolute atomic E-state index is 5.57. The smallest absolute Gasteiger partial charge is 0.165 e. The number of hydrogen-bond donors (Lipinski definition) is 0. The van der Waals surface area contributed by atoms with Gasteiger partial charge in [-0.2, -0.15) is 0 Å². The van der Waals surface area contributed by atoms with Gasteiger partial charge in [0, 0.05) is 43.3 Å². The molecule has 12 aromatic rings. The third-order valence-corrected chi connectivity index (χ3v) is 12.6. The number of hydrogen-bond acceptors (Lipinski definition) is 2. The van der Waals surface area contributed by atoms with Crippen molar-refractivity contribution in [1.82, 2.24) is 18.9 Å². The van der Waals surface area contributed by atoms with Crippen LogP contribution >= 0.6 is 0 Å². The standard InChI is InChI=1S/C51H32N4/c1-51(2)36-21-10-8-19-33(36)43-37(51)28-35-32-18-9-11-22-39(32)54-41-24-13-25-42-46(41)44-34(45(43)49(35)54)20-12-23-40(44)55(42)50-47(30-15-4-3-5-16-30)53-48-31-17-7-6-14-29(31)26-27-38(48)52-50/h3-28H,1-2H3. The van der Waals surface area contributed by atoms with Crippen LogP contribution in [-0.4, -0.2) is 18.9 Å². The fourth-order valence-corrected chi connectivity index (χ4v) is 10.2. The van der Waals surface area contributed by atoms with Crippen LogP contribution in [-0.2, 0) is 5.41 Å². The summed E-state index contributed by atoms with van der Waals surface area (Å²) >= 11 is 0. The summed E-state index contributed by atoms with van der Waals surface area (Å²) in [6.07, 6.45) is 0. The van der Waals surface area contributed by atoms with Crippen LogP contribution in [0.25, 0.3) is 110 Å². The lowest BCUT2D eigenvalue weighted by Crippen LogP contribution is -2.14. The second kappa shape index (κ2) is 10.1. The summed E-state index contributed by atoms with van der Waals surface area (Å²) in [5.41, 5.74) is 14.9. The molecule has 0 unspecified atom stereocenters. The Morgan fingerprint density at radius 1 is 0.491 bits per heavy atom. The van der Waals surface area contributed by atoms with Crippen molar-refractivity contribution < 1.29 is 0 Å². The van der Waals surface area contributed by atoms with Crippen molar-refractivity contribution in [3.8, 4) is 28.2 Å². The van der Waals surface area contributed by atoms with Gasteiger partial charge in [-0.15, -0.1) is 0 Å². The average molecular weight is 701 g/mol. The summed E-state index contributed by atoms with van der Waals surface area (Å²) in [7, 11) is 0. The zero-order valence-electron chi connectivity index (χ0n) is 30.3.